The maximum Gasteiger partial charge on any atom is 0.117 e. The van der Waals surface area contributed by atoms with E-state index in [2.05, 4.69) is 34.1 Å². The number of nitrogens with zero attached hydrogens (tertiary/aromatic N) is 2. The highest BCUT2D eigenvalue weighted by Gasteiger charge is 2.20. The summed E-state index contributed by atoms with van der Waals surface area (Å²) < 4.78 is 0.982. The number of rotatable bonds is 7. The van der Waals surface area contributed by atoms with Gasteiger partial charge in [-0.15, -0.1) is 0 Å². The summed E-state index contributed by atoms with van der Waals surface area (Å²) in [4.78, 5) is 5.45. The predicted octanol–water partition coefficient (Wildman–Crippen LogP) is 5.28. The van der Waals surface area contributed by atoms with Crippen molar-refractivity contribution in [2.45, 2.75) is 25.7 Å². The van der Waals surface area contributed by atoms with Crippen LogP contribution in [0.2, 0.25) is 0 Å². The summed E-state index contributed by atoms with van der Waals surface area (Å²) in [6.07, 6.45) is 1.99. The highest BCUT2D eigenvalue weighted by molar-refractivity contribution is 9.10. The van der Waals surface area contributed by atoms with Crippen molar-refractivity contribution in [1.82, 2.24) is 0 Å². The van der Waals surface area contributed by atoms with Crippen LogP contribution in [0.4, 0.5) is 0 Å². The molecular weight excluding hydrogens is 352 g/mol. The highest BCUT2D eigenvalue weighted by atomic mass is 79.9. The van der Waals surface area contributed by atoms with Crippen molar-refractivity contribution >= 4 is 21.6 Å². The number of hydrogen-bond acceptors (Lipinski definition) is 3. The monoisotopic (exact) mass is 370 g/mol. The molecule has 0 aliphatic heterocycles. The summed E-state index contributed by atoms with van der Waals surface area (Å²) >= 11 is 3.42. The largest absolute Gasteiger partial charge is 0.396 e. The van der Waals surface area contributed by atoms with Gasteiger partial charge in [0.05, 0.1) is 6.07 Å². The second-order valence-corrected chi connectivity index (χ2v) is 6.06. The normalized spacial score (nSPS) is 12.5. The van der Waals surface area contributed by atoms with Gasteiger partial charge in [0.15, 0.2) is 0 Å². The predicted molar refractivity (Wildman–Crippen MR) is 96.3 cm³/mol. The van der Waals surface area contributed by atoms with E-state index >= 15 is 0 Å². The molecular formula is C19H19BrN2O. The Balaban J connectivity index is 2.34. The minimum Gasteiger partial charge on any atom is -0.396 e. The first-order valence-corrected chi connectivity index (χ1v) is 8.46. The smallest absolute Gasteiger partial charge is 0.117 e. The summed E-state index contributed by atoms with van der Waals surface area (Å²) in [6, 6.07) is 19.8. The van der Waals surface area contributed by atoms with Crippen LogP contribution in [-0.2, 0) is 4.84 Å². The second-order valence-electron chi connectivity index (χ2n) is 5.14. The number of unbranched alkanes of at least 4 members (excludes halogenated alkanes) is 1. The lowest BCUT2D eigenvalue weighted by atomic mass is 9.91. The third kappa shape index (κ3) is 4.94. The van der Waals surface area contributed by atoms with Crippen LogP contribution in [0.1, 0.15) is 36.8 Å². The summed E-state index contributed by atoms with van der Waals surface area (Å²) in [5.74, 6) is -0.466. The van der Waals surface area contributed by atoms with Gasteiger partial charge >= 0.3 is 0 Å². The molecule has 0 radical (unpaired) electrons. The third-order valence-corrected chi connectivity index (χ3v) is 3.96. The molecule has 0 heterocycles. The number of benzene rings is 2. The molecule has 0 saturated heterocycles. The van der Waals surface area contributed by atoms with Crippen molar-refractivity contribution in [1.29, 1.82) is 5.26 Å². The van der Waals surface area contributed by atoms with Crippen LogP contribution < -0.4 is 0 Å². The maximum atomic E-state index is 9.69. The fourth-order valence-electron chi connectivity index (χ4n) is 2.15. The third-order valence-electron chi connectivity index (χ3n) is 3.43. The van der Waals surface area contributed by atoms with Crippen molar-refractivity contribution in [3.8, 4) is 6.07 Å². The van der Waals surface area contributed by atoms with E-state index in [9.17, 15) is 5.26 Å². The van der Waals surface area contributed by atoms with E-state index in [0.717, 1.165) is 28.4 Å². The van der Waals surface area contributed by atoms with Crippen LogP contribution in [0, 0.1) is 11.3 Å². The average Bonchev–Trinajstić information content (AvgIpc) is 2.60. The summed E-state index contributed by atoms with van der Waals surface area (Å²) in [6.45, 7) is 2.66. The molecule has 0 bridgehead atoms. The Hall–Kier alpha value is -2.12. The Labute approximate surface area is 145 Å². The lowest BCUT2D eigenvalue weighted by Gasteiger charge is -2.13. The second kappa shape index (κ2) is 9.12. The van der Waals surface area contributed by atoms with Crippen LogP contribution in [0.3, 0.4) is 0 Å². The van der Waals surface area contributed by atoms with E-state index in [1.807, 2.05) is 54.6 Å². The molecule has 0 aliphatic carbocycles. The molecule has 0 spiro atoms. The van der Waals surface area contributed by atoms with E-state index in [0.29, 0.717) is 12.3 Å². The molecule has 0 fully saturated rings. The molecule has 0 aromatic heterocycles. The molecule has 0 aliphatic rings. The Bertz CT molecular complexity index is 675. The van der Waals surface area contributed by atoms with Gasteiger partial charge in [-0.25, -0.2) is 0 Å². The van der Waals surface area contributed by atoms with Gasteiger partial charge in [-0.05, 0) is 24.1 Å². The van der Waals surface area contributed by atoms with Crippen LogP contribution in [0.5, 0.6) is 0 Å². The van der Waals surface area contributed by atoms with Gasteiger partial charge < -0.3 is 4.84 Å². The van der Waals surface area contributed by atoms with Gasteiger partial charge in [0.1, 0.15) is 18.2 Å². The van der Waals surface area contributed by atoms with Gasteiger partial charge in [0, 0.05) is 10.0 Å². The zero-order chi connectivity index (χ0) is 16.5. The average molecular weight is 371 g/mol. The zero-order valence-electron chi connectivity index (χ0n) is 13.1. The Kier molecular flexibility index (Phi) is 6.83. The first-order chi connectivity index (χ1) is 11.3. The molecule has 3 nitrogen and oxygen atoms in total. The summed E-state index contributed by atoms with van der Waals surface area (Å²) in [5.41, 5.74) is 2.45. The molecule has 4 heteroatoms. The van der Waals surface area contributed by atoms with E-state index < -0.39 is 5.92 Å². The van der Waals surface area contributed by atoms with Crippen molar-refractivity contribution in [3.63, 3.8) is 0 Å². The van der Waals surface area contributed by atoms with Gasteiger partial charge in [-0.3, -0.25) is 0 Å². The van der Waals surface area contributed by atoms with Crippen LogP contribution >= 0.6 is 15.9 Å². The van der Waals surface area contributed by atoms with Gasteiger partial charge in [-0.2, -0.15) is 5.26 Å². The lowest BCUT2D eigenvalue weighted by Crippen LogP contribution is -2.13. The minimum absolute atomic E-state index is 0.466. The van der Waals surface area contributed by atoms with Crippen molar-refractivity contribution in [3.05, 3.63) is 70.2 Å². The van der Waals surface area contributed by atoms with Crippen LogP contribution in [0.15, 0.2) is 64.2 Å². The summed E-state index contributed by atoms with van der Waals surface area (Å²) in [7, 11) is 0. The molecule has 118 valence electrons. The molecule has 2 aromatic rings. The molecule has 0 N–H and O–H groups in total. The number of nitriles is 1. The Morgan fingerprint density at radius 3 is 2.48 bits per heavy atom. The maximum absolute atomic E-state index is 9.69. The number of halogens is 1. The Morgan fingerprint density at radius 1 is 1.17 bits per heavy atom. The van der Waals surface area contributed by atoms with Gasteiger partial charge in [0.25, 0.3) is 0 Å². The lowest BCUT2D eigenvalue weighted by molar-refractivity contribution is 0.140. The van der Waals surface area contributed by atoms with Gasteiger partial charge in [-0.1, -0.05) is 76.9 Å². The van der Waals surface area contributed by atoms with E-state index in [4.69, 9.17) is 4.84 Å². The number of hydrogen-bond donors (Lipinski definition) is 0. The van der Waals surface area contributed by atoms with Crippen molar-refractivity contribution in [2.24, 2.45) is 5.16 Å². The zero-order valence-corrected chi connectivity index (χ0v) is 14.7. The van der Waals surface area contributed by atoms with Crippen LogP contribution in [0.25, 0.3) is 0 Å². The first-order valence-electron chi connectivity index (χ1n) is 7.66. The SMILES string of the molecule is CCCCO/N=C(/c1ccccc1)C(C#N)c1ccc(Br)cc1. The van der Waals surface area contributed by atoms with E-state index in [1.165, 1.54) is 0 Å². The molecule has 1 atom stereocenters. The first kappa shape index (κ1) is 17.2. The van der Waals surface area contributed by atoms with E-state index in [1.54, 1.807) is 0 Å². The fourth-order valence-corrected chi connectivity index (χ4v) is 2.42. The summed E-state index contributed by atoms with van der Waals surface area (Å²) in [5, 5.41) is 14.0. The number of oxime groups is 1. The molecule has 2 aromatic carbocycles. The minimum atomic E-state index is -0.466. The molecule has 0 amide bonds. The standard InChI is InChI=1S/C19H19BrN2O/c1-2-3-13-23-22-19(16-7-5-4-6-8-16)18(14-21)15-9-11-17(20)12-10-15/h4-12,18H,2-3,13H2,1H3/b22-19-. The quantitative estimate of drug-likeness (QED) is 0.378. The van der Waals surface area contributed by atoms with Crippen molar-refractivity contribution in [2.75, 3.05) is 6.61 Å². The Morgan fingerprint density at radius 2 is 1.87 bits per heavy atom. The molecule has 0 saturated carbocycles. The molecule has 23 heavy (non-hydrogen) atoms. The van der Waals surface area contributed by atoms with Gasteiger partial charge in [0.2, 0.25) is 0 Å². The fraction of sp³-hybridized carbons (Fsp3) is 0.263. The molecule has 2 rings (SSSR count). The molecule has 1 unspecified atom stereocenters. The van der Waals surface area contributed by atoms with Crippen molar-refractivity contribution < 1.29 is 4.84 Å². The van der Waals surface area contributed by atoms with Crippen LogP contribution in [-0.4, -0.2) is 12.3 Å². The van der Waals surface area contributed by atoms with E-state index in [-0.39, 0.29) is 0 Å². The topological polar surface area (TPSA) is 45.4 Å². The highest BCUT2D eigenvalue weighted by Crippen LogP contribution is 2.23.